The molecular formula is C32H32FN7O3. The van der Waals surface area contributed by atoms with Crippen molar-refractivity contribution in [1.29, 1.82) is 0 Å². The highest BCUT2D eigenvalue weighted by Gasteiger charge is 2.34. The summed E-state index contributed by atoms with van der Waals surface area (Å²) in [4.78, 5) is 36.7. The quantitative estimate of drug-likeness (QED) is 0.297. The Morgan fingerprint density at radius 3 is 2.67 bits per heavy atom. The van der Waals surface area contributed by atoms with Crippen molar-refractivity contribution in [3.05, 3.63) is 88.9 Å². The summed E-state index contributed by atoms with van der Waals surface area (Å²) in [7, 11) is 0. The second-order valence-electron chi connectivity index (χ2n) is 11.0. The van der Waals surface area contributed by atoms with Gasteiger partial charge in [0.05, 0.1) is 17.5 Å². The summed E-state index contributed by atoms with van der Waals surface area (Å²) in [6.45, 7) is 8.46. The van der Waals surface area contributed by atoms with E-state index in [4.69, 9.17) is 9.84 Å². The fraction of sp³-hybridized carbons (Fsp3) is 0.281. The first kappa shape index (κ1) is 28.1. The highest BCUT2D eigenvalue weighted by atomic mass is 19.1. The Kier molecular flexibility index (Phi) is 7.39. The van der Waals surface area contributed by atoms with Crippen LogP contribution in [0.3, 0.4) is 0 Å². The molecule has 0 aliphatic carbocycles. The van der Waals surface area contributed by atoms with E-state index in [-0.39, 0.29) is 23.4 Å². The second-order valence-corrected chi connectivity index (χ2v) is 11.0. The number of nitrogens with one attached hydrogen (secondary N) is 3. The number of carbonyl (C=O) groups excluding carboxylic acids is 2. The molecule has 3 N–H and O–H groups in total. The predicted molar refractivity (Wildman–Crippen MR) is 162 cm³/mol. The van der Waals surface area contributed by atoms with Crippen molar-refractivity contribution in [2.24, 2.45) is 4.99 Å². The van der Waals surface area contributed by atoms with Gasteiger partial charge in [0.15, 0.2) is 0 Å². The third kappa shape index (κ3) is 5.45. The highest BCUT2D eigenvalue weighted by Crippen LogP contribution is 2.36. The molecule has 0 spiro atoms. The van der Waals surface area contributed by atoms with Gasteiger partial charge in [-0.25, -0.2) is 19.0 Å². The monoisotopic (exact) mass is 581 g/mol. The van der Waals surface area contributed by atoms with Crippen LogP contribution in [-0.2, 0) is 11.3 Å². The Labute approximate surface area is 248 Å². The van der Waals surface area contributed by atoms with Crippen molar-refractivity contribution < 1.29 is 18.7 Å². The zero-order valence-electron chi connectivity index (χ0n) is 24.3. The van der Waals surface area contributed by atoms with Gasteiger partial charge in [-0.2, -0.15) is 5.10 Å². The number of amides is 2. The summed E-state index contributed by atoms with van der Waals surface area (Å²) in [5.41, 5.74) is 3.54. The highest BCUT2D eigenvalue weighted by molar-refractivity contribution is 6.20. The number of carbonyl (C=O) groups is 2. The van der Waals surface area contributed by atoms with Gasteiger partial charge in [0.25, 0.3) is 11.8 Å². The van der Waals surface area contributed by atoms with Crippen molar-refractivity contribution >= 4 is 29.0 Å². The van der Waals surface area contributed by atoms with Crippen molar-refractivity contribution in [2.45, 2.75) is 59.0 Å². The standard InChI is InChI=1S/C32H32FN7O3/c1-17(2)35-24-15-18(3)22(16-34-24)28-25(32-40(39-28)14-13-19(4)43-32)30(41)38-29-31(42)37-27-21(11-8-12-23(27)33)26(36-29)20-9-6-5-7-10-20/h5-12,15-17,19,29H,13-14H2,1-4H3,(H,34,35)(H,37,42)(H,38,41)/t19-,29-/m1/s1. The Morgan fingerprint density at radius 2 is 1.93 bits per heavy atom. The maximum Gasteiger partial charge on any atom is 0.269 e. The van der Waals surface area contributed by atoms with Gasteiger partial charge in [0, 0.05) is 41.9 Å². The number of hydrogen-bond acceptors (Lipinski definition) is 7. The molecule has 6 rings (SSSR count). The Balaban J connectivity index is 1.42. The number of rotatable bonds is 6. The number of nitrogens with zero attached hydrogens (tertiary/aromatic N) is 4. The summed E-state index contributed by atoms with van der Waals surface area (Å²) in [5.74, 6) is -0.858. The van der Waals surface area contributed by atoms with E-state index in [1.807, 2.05) is 64.1 Å². The molecule has 4 aromatic rings. The first-order valence-electron chi connectivity index (χ1n) is 14.2. The maximum absolute atomic E-state index is 14.9. The molecule has 0 unspecified atom stereocenters. The van der Waals surface area contributed by atoms with Crippen LogP contribution in [0, 0.1) is 12.7 Å². The van der Waals surface area contributed by atoms with Crippen LogP contribution >= 0.6 is 0 Å². The van der Waals surface area contributed by atoms with E-state index >= 15 is 0 Å². The number of aromatic nitrogens is 3. The number of halogens is 1. The number of para-hydroxylation sites is 1. The van der Waals surface area contributed by atoms with Crippen LogP contribution in [0.15, 0.2) is 65.8 Å². The van der Waals surface area contributed by atoms with Crippen LogP contribution in [0.4, 0.5) is 15.9 Å². The molecule has 2 aliphatic rings. The number of benzene rings is 2. The summed E-state index contributed by atoms with van der Waals surface area (Å²) in [6.07, 6.45) is 0.902. The van der Waals surface area contributed by atoms with E-state index in [0.717, 1.165) is 12.0 Å². The van der Waals surface area contributed by atoms with Crippen LogP contribution in [-0.4, -0.2) is 50.6 Å². The SMILES string of the molecule is Cc1cc(NC(C)C)ncc1-c1nn2c(c1C(=O)N[C@H]1N=C(c3ccccc3)c3cccc(F)c3NC1=O)O[C@H](C)CC2. The van der Waals surface area contributed by atoms with Crippen molar-refractivity contribution in [3.8, 4) is 17.1 Å². The smallest absolute Gasteiger partial charge is 0.269 e. The number of pyridine rings is 1. The number of fused-ring (bicyclic) bond motifs is 2. The molecule has 0 saturated carbocycles. The summed E-state index contributed by atoms with van der Waals surface area (Å²) in [5, 5.41) is 13.4. The van der Waals surface area contributed by atoms with E-state index in [1.54, 1.807) is 23.0 Å². The fourth-order valence-corrected chi connectivity index (χ4v) is 5.26. The van der Waals surface area contributed by atoms with E-state index in [1.165, 1.54) is 6.07 Å². The molecule has 2 aromatic carbocycles. The van der Waals surface area contributed by atoms with Gasteiger partial charge < -0.3 is 20.7 Å². The molecule has 11 heteroatoms. The summed E-state index contributed by atoms with van der Waals surface area (Å²) in [6, 6.07) is 15.7. The maximum atomic E-state index is 14.9. The van der Waals surface area contributed by atoms with Crippen LogP contribution in [0.5, 0.6) is 5.88 Å². The minimum Gasteiger partial charge on any atom is -0.474 e. The minimum atomic E-state index is -1.37. The van der Waals surface area contributed by atoms with E-state index in [9.17, 15) is 14.0 Å². The van der Waals surface area contributed by atoms with Gasteiger partial charge in [0.1, 0.15) is 22.9 Å². The molecule has 0 radical (unpaired) electrons. The van der Waals surface area contributed by atoms with Gasteiger partial charge in [-0.1, -0.05) is 42.5 Å². The summed E-state index contributed by atoms with van der Waals surface area (Å²) < 4.78 is 22.7. The molecule has 10 nitrogen and oxygen atoms in total. The fourth-order valence-electron chi connectivity index (χ4n) is 5.26. The molecule has 2 aliphatic heterocycles. The predicted octanol–water partition coefficient (Wildman–Crippen LogP) is 4.93. The molecule has 2 atom stereocenters. The van der Waals surface area contributed by atoms with E-state index < -0.39 is 23.8 Å². The number of aryl methyl sites for hydroxylation is 2. The van der Waals surface area contributed by atoms with Crippen LogP contribution in [0.1, 0.15) is 54.2 Å². The third-order valence-corrected chi connectivity index (χ3v) is 7.33. The molecule has 0 saturated heterocycles. The number of aliphatic imine (C=N–C) groups is 1. The molecule has 0 bridgehead atoms. The number of ether oxygens (including phenoxy) is 1. The lowest BCUT2D eigenvalue weighted by Gasteiger charge is -2.22. The van der Waals surface area contributed by atoms with Gasteiger partial charge in [-0.3, -0.25) is 9.59 Å². The Bertz CT molecular complexity index is 1750. The van der Waals surface area contributed by atoms with Gasteiger partial charge in [-0.05, 0) is 45.4 Å². The lowest BCUT2D eigenvalue weighted by molar-refractivity contribution is -0.117. The minimum absolute atomic E-state index is 0.00408. The molecule has 2 aromatic heterocycles. The second kappa shape index (κ2) is 11.3. The summed E-state index contributed by atoms with van der Waals surface area (Å²) >= 11 is 0. The first-order chi connectivity index (χ1) is 20.7. The lowest BCUT2D eigenvalue weighted by atomic mass is 10.0. The van der Waals surface area contributed by atoms with Gasteiger partial charge >= 0.3 is 0 Å². The van der Waals surface area contributed by atoms with Crippen LogP contribution < -0.4 is 20.7 Å². The van der Waals surface area contributed by atoms with Crippen molar-refractivity contribution in [3.63, 3.8) is 0 Å². The molecule has 2 amide bonds. The average molecular weight is 582 g/mol. The molecule has 0 fully saturated rings. The Morgan fingerprint density at radius 1 is 1.14 bits per heavy atom. The molecule has 220 valence electrons. The molecular weight excluding hydrogens is 549 g/mol. The van der Waals surface area contributed by atoms with Crippen LogP contribution in [0.25, 0.3) is 11.3 Å². The average Bonchev–Trinajstić information content (AvgIpc) is 3.27. The number of benzodiazepines with no additional fused rings is 1. The number of hydrogen-bond donors (Lipinski definition) is 3. The van der Waals surface area contributed by atoms with E-state index in [2.05, 4.69) is 25.9 Å². The topological polar surface area (TPSA) is 123 Å². The largest absolute Gasteiger partial charge is 0.474 e. The van der Waals surface area contributed by atoms with Crippen molar-refractivity contribution in [1.82, 2.24) is 20.1 Å². The normalized spacial score (nSPS) is 17.6. The van der Waals surface area contributed by atoms with Gasteiger partial charge in [-0.15, -0.1) is 0 Å². The van der Waals surface area contributed by atoms with E-state index in [0.29, 0.717) is 46.3 Å². The zero-order valence-corrected chi connectivity index (χ0v) is 24.3. The zero-order chi connectivity index (χ0) is 30.2. The van der Waals surface area contributed by atoms with Crippen LogP contribution in [0.2, 0.25) is 0 Å². The lowest BCUT2D eigenvalue weighted by Crippen LogP contribution is -2.42. The number of anilines is 2. The molecule has 4 heterocycles. The molecule has 43 heavy (non-hydrogen) atoms. The van der Waals surface area contributed by atoms with Gasteiger partial charge in [0.2, 0.25) is 12.0 Å². The third-order valence-electron chi connectivity index (χ3n) is 7.33. The first-order valence-corrected chi connectivity index (χ1v) is 14.2. The Hall–Kier alpha value is -5.06. The van der Waals surface area contributed by atoms with Crippen molar-refractivity contribution in [2.75, 3.05) is 10.6 Å².